The van der Waals surface area contributed by atoms with E-state index in [9.17, 15) is 10.1 Å². The number of para-hydroxylation sites is 1. The summed E-state index contributed by atoms with van der Waals surface area (Å²) in [5.74, 6) is 0.445. The zero-order valence-electron chi connectivity index (χ0n) is 14.0. The number of ether oxygens (including phenoxy) is 1. The van der Waals surface area contributed by atoms with E-state index in [1.807, 2.05) is 36.4 Å². The molecule has 25 heavy (non-hydrogen) atoms. The first kappa shape index (κ1) is 15.5. The first-order chi connectivity index (χ1) is 12.1. The molecule has 0 aliphatic carbocycles. The van der Waals surface area contributed by atoms with E-state index < -0.39 is 17.6 Å². The van der Waals surface area contributed by atoms with Crippen LogP contribution in [-0.2, 0) is 0 Å². The molecule has 4 heteroatoms. The zero-order valence-corrected chi connectivity index (χ0v) is 14.0. The number of benzene rings is 2. The highest BCUT2D eigenvalue weighted by atomic mass is 16.5. The number of nitriles is 1. The van der Waals surface area contributed by atoms with E-state index in [4.69, 9.17) is 9.15 Å². The van der Waals surface area contributed by atoms with Crippen LogP contribution >= 0.6 is 0 Å². The van der Waals surface area contributed by atoms with E-state index in [1.165, 1.54) is 5.56 Å². The number of nitrogens with zero attached hydrogens (tertiary/aromatic N) is 1. The maximum Gasteiger partial charge on any atom is 0.344 e. The van der Waals surface area contributed by atoms with Crippen LogP contribution in [0.3, 0.4) is 0 Å². The lowest BCUT2D eigenvalue weighted by Gasteiger charge is -2.14. The van der Waals surface area contributed by atoms with Gasteiger partial charge in [-0.25, -0.2) is 4.79 Å². The highest BCUT2D eigenvalue weighted by Gasteiger charge is 2.40. The van der Waals surface area contributed by atoms with Gasteiger partial charge >= 0.3 is 5.63 Å². The highest BCUT2D eigenvalue weighted by molar-refractivity contribution is 5.85. The molecule has 0 saturated heterocycles. The monoisotopic (exact) mass is 331 g/mol. The van der Waals surface area contributed by atoms with Gasteiger partial charge in [0.25, 0.3) is 0 Å². The van der Waals surface area contributed by atoms with Gasteiger partial charge in [0.15, 0.2) is 6.10 Å². The Bertz CT molecular complexity index is 1040. The number of rotatable bonds is 2. The maximum atomic E-state index is 12.6. The molecule has 0 N–H and O–H groups in total. The van der Waals surface area contributed by atoms with Crippen LogP contribution in [0.1, 0.15) is 42.4 Å². The third-order valence-corrected chi connectivity index (χ3v) is 4.75. The number of hydrogen-bond acceptors (Lipinski definition) is 4. The Hall–Kier alpha value is -3.06. The summed E-state index contributed by atoms with van der Waals surface area (Å²) >= 11 is 0. The Kier molecular flexibility index (Phi) is 3.58. The van der Waals surface area contributed by atoms with Crippen molar-refractivity contribution in [3.05, 3.63) is 75.6 Å². The number of fused-ring (bicyclic) bond motifs is 3. The van der Waals surface area contributed by atoms with Crippen LogP contribution in [0, 0.1) is 11.3 Å². The minimum Gasteiger partial charge on any atom is -0.473 e. The smallest absolute Gasteiger partial charge is 0.344 e. The van der Waals surface area contributed by atoms with Gasteiger partial charge in [0, 0.05) is 0 Å². The molecule has 1 aliphatic rings. The summed E-state index contributed by atoms with van der Waals surface area (Å²) in [5.41, 5.74) is 2.56. The second-order valence-corrected chi connectivity index (χ2v) is 6.60. The second kappa shape index (κ2) is 5.78. The summed E-state index contributed by atoms with van der Waals surface area (Å²) in [5, 5.41) is 10.3. The van der Waals surface area contributed by atoms with Gasteiger partial charge in [-0.3, -0.25) is 0 Å². The Labute approximate surface area is 145 Å². The summed E-state index contributed by atoms with van der Waals surface area (Å²) in [6.45, 7) is 4.25. The molecule has 1 aromatic heterocycles. The molecule has 0 amide bonds. The zero-order chi connectivity index (χ0) is 17.6. The molecule has 0 bridgehead atoms. The molecule has 0 fully saturated rings. The molecule has 0 saturated carbocycles. The Balaban J connectivity index is 1.91. The Morgan fingerprint density at radius 3 is 2.48 bits per heavy atom. The summed E-state index contributed by atoms with van der Waals surface area (Å²) in [6, 6.07) is 17.4. The molecular formula is C21H17NO3. The van der Waals surface area contributed by atoms with Crippen molar-refractivity contribution in [2.45, 2.75) is 31.8 Å². The standard InChI is InChI=1S/C21H17NO3/c1-12(2)13-7-9-14(10-8-13)18-17(11-22)24-20-15-5-3-4-6-16(15)25-21(23)19(18)20/h3-10,12,17-18H,1-2H3/t17-,18-/m1/s1. The lowest BCUT2D eigenvalue weighted by molar-refractivity contribution is 0.277. The van der Waals surface area contributed by atoms with Gasteiger partial charge in [-0.1, -0.05) is 50.2 Å². The first-order valence-corrected chi connectivity index (χ1v) is 8.32. The van der Waals surface area contributed by atoms with Crippen LogP contribution in [0.15, 0.2) is 57.7 Å². The van der Waals surface area contributed by atoms with Crippen molar-refractivity contribution in [2.24, 2.45) is 0 Å². The van der Waals surface area contributed by atoms with Crippen molar-refractivity contribution in [3.8, 4) is 11.8 Å². The Morgan fingerprint density at radius 1 is 1.08 bits per heavy atom. The fraction of sp³-hybridized carbons (Fsp3) is 0.238. The van der Waals surface area contributed by atoms with Gasteiger partial charge in [-0.15, -0.1) is 0 Å². The SMILES string of the molecule is CC(C)c1ccc([C@H]2c3c(c4ccccc4oc3=O)O[C@@H]2C#N)cc1. The molecule has 4 rings (SSSR count). The lowest BCUT2D eigenvalue weighted by Crippen LogP contribution is -2.20. The lowest BCUT2D eigenvalue weighted by atomic mass is 9.88. The van der Waals surface area contributed by atoms with E-state index in [0.29, 0.717) is 22.8 Å². The van der Waals surface area contributed by atoms with E-state index in [0.717, 1.165) is 10.9 Å². The van der Waals surface area contributed by atoms with Crippen LogP contribution < -0.4 is 10.4 Å². The van der Waals surface area contributed by atoms with Gasteiger partial charge in [-0.05, 0) is 29.2 Å². The summed E-state index contributed by atoms with van der Waals surface area (Å²) in [4.78, 5) is 12.6. The van der Waals surface area contributed by atoms with Crippen molar-refractivity contribution in [2.75, 3.05) is 0 Å². The topological polar surface area (TPSA) is 63.2 Å². The van der Waals surface area contributed by atoms with Crippen molar-refractivity contribution >= 4 is 11.0 Å². The van der Waals surface area contributed by atoms with Crippen molar-refractivity contribution < 1.29 is 9.15 Å². The average molecular weight is 331 g/mol. The molecule has 4 nitrogen and oxygen atoms in total. The molecule has 0 spiro atoms. The fourth-order valence-electron chi connectivity index (χ4n) is 3.41. The largest absolute Gasteiger partial charge is 0.473 e. The molecule has 2 aromatic carbocycles. The predicted octanol–water partition coefficient (Wildman–Crippen LogP) is 4.33. The summed E-state index contributed by atoms with van der Waals surface area (Å²) in [6.07, 6.45) is -0.742. The van der Waals surface area contributed by atoms with E-state index in [-0.39, 0.29) is 0 Å². The quantitative estimate of drug-likeness (QED) is 0.656. The van der Waals surface area contributed by atoms with Crippen LogP contribution in [0.25, 0.3) is 11.0 Å². The van der Waals surface area contributed by atoms with Crippen LogP contribution in [-0.4, -0.2) is 6.10 Å². The maximum absolute atomic E-state index is 12.6. The third kappa shape index (κ3) is 2.40. The first-order valence-electron chi connectivity index (χ1n) is 8.32. The molecule has 124 valence electrons. The normalized spacial score (nSPS) is 18.8. The van der Waals surface area contributed by atoms with Gasteiger partial charge in [-0.2, -0.15) is 5.26 Å². The van der Waals surface area contributed by atoms with Crippen LogP contribution in [0.2, 0.25) is 0 Å². The third-order valence-electron chi connectivity index (χ3n) is 4.75. The van der Waals surface area contributed by atoms with E-state index in [1.54, 1.807) is 12.1 Å². The molecule has 0 unspecified atom stereocenters. The summed E-state index contributed by atoms with van der Waals surface area (Å²) in [7, 11) is 0. The molecule has 0 radical (unpaired) electrons. The molecular weight excluding hydrogens is 314 g/mol. The highest BCUT2D eigenvalue weighted by Crippen LogP contribution is 2.44. The van der Waals surface area contributed by atoms with Crippen molar-refractivity contribution in [1.82, 2.24) is 0 Å². The fourth-order valence-corrected chi connectivity index (χ4v) is 3.41. The van der Waals surface area contributed by atoms with E-state index in [2.05, 4.69) is 19.9 Å². The van der Waals surface area contributed by atoms with Crippen LogP contribution in [0.4, 0.5) is 0 Å². The van der Waals surface area contributed by atoms with Crippen molar-refractivity contribution in [3.63, 3.8) is 0 Å². The van der Waals surface area contributed by atoms with E-state index >= 15 is 0 Å². The van der Waals surface area contributed by atoms with Crippen molar-refractivity contribution in [1.29, 1.82) is 5.26 Å². The van der Waals surface area contributed by atoms with Gasteiger partial charge in [0.05, 0.1) is 16.9 Å². The van der Waals surface area contributed by atoms with Gasteiger partial charge < -0.3 is 9.15 Å². The second-order valence-electron chi connectivity index (χ2n) is 6.60. The molecule has 2 heterocycles. The number of hydrogen-bond donors (Lipinski definition) is 0. The minimum absolute atomic E-state index is 0.418. The van der Waals surface area contributed by atoms with Gasteiger partial charge in [0.1, 0.15) is 17.4 Å². The molecule has 3 aromatic rings. The van der Waals surface area contributed by atoms with Crippen LogP contribution in [0.5, 0.6) is 5.75 Å². The average Bonchev–Trinajstić information content (AvgIpc) is 3.02. The molecule has 2 atom stereocenters. The predicted molar refractivity (Wildman–Crippen MR) is 94.9 cm³/mol. The molecule has 1 aliphatic heterocycles. The summed E-state index contributed by atoms with van der Waals surface area (Å²) < 4.78 is 11.3. The Morgan fingerprint density at radius 2 is 1.80 bits per heavy atom. The van der Waals surface area contributed by atoms with Gasteiger partial charge in [0.2, 0.25) is 0 Å². The minimum atomic E-state index is -0.742.